The van der Waals surface area contributed by atoms with Gasteiger partial charge in [0.15, 0.2) is 0 Å². The van der Waals surface area contributed by atoms with Crippen molar-refractivity contribution in [1.29, 1.82) is 0 Å². The van der Waals surface area contributed by atoms with Crippen molar-refractivity contribution in [1.82, 2.24) is 10.3 Å². The minimum absolute atomic E-state index is 0.554. The molecule has 0 bridgehead atoms. The Hall–Kier alpha value is -1.58. The number of nitrogens with one attached hydrogen (secondary N) is 1. The van der Waals surface area contributed by atoms with Crippen molar-refractivity contribution in [3.8, 4) is 11.6 Å². The molecular weight excluding hydrogens is 260 g/mol. The summed E-state index contributed by atoms with van der Waals surface area (Å²) < 4.78 is 5.76. The predicted molar refractivity (Wildman–Crippen MR) is 78.0 cm³/mol. The molecule has 2 rings (SSSR count). The first-order valence-corrected chi connectivity index (χ1v) is 6.53. The van der Waals surface area contributed by atoms with E-state index in [0.717, 1.165) is 11.4 Å². The van der Waals surface area contributed by atoms with Crippen molar-refractivity contribution in [2.24, 2.45) is 0 Å². The van der Waals surface area contributed by atoms with E-state index in [0.29, 0.717) is 17.4 Å². The third-order valence-electron chi connectivity index (χ3n) is 2.94. The number of aromatic nitrogens is 1. The summed E-state index contributed by atoms with van der Waals surface area (Å²) in [7, 11) is 1.86. The Morgan fingerprint density at radius 3 is 2.63 bits per heavy atom. The number of aryl methyl sites for hydroxylation is 2. The fourth-order valence-corrected chi connectivity index (χ4v) is 1.88. The summed E-state index contributed by atoms with van der Waals surface area (Å²) in [5.41, 5.74) is 3.22. The molecule has 100 valence electrons. The summed E-state index contributed by atoms with van der Waals surface area (Å²) in [6.07, 6.45) is 0. The molecule has 0 saturated carbocycles. The zero-order chi connectivity index (χ0) is 13.8. The summed E-state index contributed by atoms with van der Waals surface area (Å²) in [4.78, 5) is 4.39. The second kappa shape index (κ2) is 6.04. The van der Waals surface area contributed by atoms with Gasteiger partial charge in [0, 0.05) is 12.6 Å². The number of pyridine rings is 1. The van der Waals surface area contributed by atoms with Crippen molar-refractivity contribution >= 4 is 11.6 Å². The molecule has 1 aromatic heterocycles. The molecule has 0 radical (unpaired) electrons. The Bertz CT molecular complexity index is 584. The van der Waals surface area contributed by atoms with Gasteiger partial charge in [-0.2, -0.15) is 0 Å². The third-order valence-corrected chi connectivity index (χ3v) is 3.28. The van der Waals surface area contributed by atoms with E-state index in [-0.39, 0.29) is 0 Å². The summed E-state index contributed by atoms with van der Waals surface area (Å²) in [5, 5.41) is 3.67. The third kappa shape index (κ3) is 3.46. The molecule has 0 unspecified atom stereocenters. The van der Waals surface area contributed by atoms with E-state index in [1.807, 2.05) is 25.2 Å². The highest BCUT2D eigenvalue weighted by Crippen LogP contribution is 2.24. The van der Waals surface area contributed by atoms with Crippen LogP contribution < -0.4 is 10.1 Å². The highest BCUT2D eigenvalue weighted by Gasteiger charge is 2.05. The number of benzene rings is 1. The van der Waals surface area contributed by atoms with E-state index < -0.39 is 0 Å². The van der Waals surface area contributed by atoms with Gasteiger partial charge in [-0.05, 0) is 50.2 Å². The Labute approximate surface area is 118 Å². The van der Waals surface area contributed by atoms with Crippen LogP contribution in [0.4, 0.5) is 0 Å². The summed E-state index contributed by atoms with van der Waals surface area (Å²) in [6, 6.07) is 9.56. The molecule has 0 aliphatic carbocycles. The molecule has 19 heavy (non-hydrogen) atoms. The number of nitrogens with zero attached hydrogens (tertiary/aromatic N) is 1. The van der Waals surface area contributed by atoms with Crippen LogP contribution in [0.5, 0.6) is 11.6 Å². The van der Waals surface area contributed by atoms with Crippen LogP contribution in [-0.2, 0) is 6.54 Å². The van der Waals surface area contributed by atoms with Gasteiger partial charge in [0.25, 0.3) is 0 Å². The molecule has 0 fully saturated rings. The van der Waals surface area contributed by atoms with Crippen molar-refractivity contribution in [3.63, 3.8) is 0 Å². The van der Waals surface area contributed by atoms with Crippen molar-refractivity contribution < 1.29 is 4.74 Å². The fraction of sp³-hybridized carbons (Fsp3) is 0.267. The minimum atomic E-state index is 0.554. The Morgan fingerprint density at radius 2 is 1.95 bits per heavy atom. The monoisotopic (exact) mass is 276 g/mol. The summed E-state index contributed by atoms with van der Waals surface area (Å²) >= 11 is 6.07. The first kappa shape index (κ1) is 13.8. The van der Waals surface area contributed by atoms with Gasteiger partial charge in [0.05, 0.1) is 10.7 Å². The predicted octanol–water partition coefficient (Wildman–Crippen LogP) is 3.86. The van der Waals surface area contributed by atoms with Crippen LogP contribution in [0.2, 0.25) is 5.02 Å². The van der Waals surface area contributed by atoms with E-state index in [1.165, 1.54) is 11.1 Å². The molecule has 2 aromatic rings. The number of hydrogen-bond acceptors (Lipinski definition) is 3. The molecule has 1 N–H and O–H groups in total. The Balaban J connectivity index is 2.22. The molecule has 0 saturated heterocycles. The van der Waals surface area contributed by atoms with Gasteiger partial charge in [-0.25, -0.2) is 4.98 Å². The average molecular weight is 277 g/mol. The lowest BCUT2D eigenvalue weighted by atomic mass is 10.1. The fourth-order valence-electron chi connectivity index (χ4n) is 1.71. The maximum absolute atomic E-state index is 6.07. The maximum Gasteiger partial charge on any atom is 0.219 e. The van der Waals surface area contributed by atoms with Crippen molar-refractivity contribution in [2.75, 3.05) is 7.05 Å². The van der Waals surface area contributed by atoms with Gasteiger partial charge in [-0.15, -0.1) is 0 Å². The standard InChI is InChI=1S/C15H17ClN2O/c1-10-4-5-12(8-11(10)2)19-15-7-6-13(16)14(18-15)9-17-3/h4-8,17H,9H2,1-3H3. The molecule has 1 heterocycles. The summed E-state index contributed by atoms with van der Waals surface area (Å²) in [6.45, 7) is 4.75. The average Bonchev–Trinajstić information content (AvgIpc) is 2.38. The highest BCUT2D eigenvalue weighted by atomic mass is 35.5. The number of hydrogen-bond donors (Lipinski definition) is 1. The second-order valence-corrected chi connectivity index (χ2v) is 4.86. The molecule has 3 nitrogen and oxygen atoms in total. The van der Waals surface area contributed by atoms with Crippen LogP contribution in [0.3, 0.4) is 0 Å². The van der Waals surface area contributed by atoms with Gasteiger partial charge in [0.1, 0.15) is 5.75 Å². The van der Waals surface area contributed by atoms with E-state index in [9.17, 15) is 0 Å². The van der Waals surface area contributed by atoms with Crippen LogP contribution in [0, 0.1) is 13.8 Å². The Morgan fingerprint density at radius 1 is 1.16 bits per heavy atom. The highest BCUT2D eigenvalue weighted by molar-refractivity contribution is 6.31. The van der Waals surface area contributed by atoms with Gasteiger partial charge in [0.2, 0.25) is 5.88 Å². The first-order valence-electron chi connectivity index (χ1n) is 6.15. The largest absolute Gasteiger partial charge is 0.439 e. The Kier molecular flexibility index (Phi) is 4.40. The van der Waals surface area contributed by atoms with Gasteiger partial charge in [-0.1, -0.05) is 17.7 Å². The minimum Gasteiger partial charge on any atom is -0.439 e. The molecule has 0 aliphatic heterocycles. The zero-order valence-corrected chi connectivity index (χ0v) is 12.1. The lowest BCUT2D eigenvalue weighted by Crippen LogP contribution is -2.07. The topological polar surface area (TPSA) is 34.2 Å². The van der Waals surface area contributed by atoms with Crippen molar-refractivity contribution in [2.45, 2.75) is 20.4 Å². The summed E-state index contributed by atoms with van der Waals surface area (Å²) in [5.74, 6) is 1.34. The number of halogens is 1. The quantitative estimate of drug-likeness (QED) is 0.921. The van der Waals surface area contributed by atoms with E-state index in [1.54, 1.807) is 12.1 Å². The normalized spacial score (nSPS) is 10.5. The van der Waals surface area contributed by atoms with Crippen molar-refractivity contribution in [3.05, 3.63) is 52.2 Å². The maximum atomic E-state index is 6.07. The molecular formula is C15H17ClN2O. The van der Waals surface area contributed by atoms with E-state index in [2.05, 4.69) is 24.1 Å². The lowest BCUT2D eigenvalue weighted by molar-refractivity contribution is 0.459. The van der Waals surface area contributed by atoms with Crippen LogP contribution in [0.25, 0.3) is 0 Å². The van der Waals surface area contributed by atoms with Crippen LogP contribution in [0.15, 0.2) is 30.3 Å². The number of rotatable bonds is 4. The van der Waals surface area contributed by atoms with Crippen LogP contribution in [-0.4, -0.2) is 12.0 Å². The van der Waals surface area contributed by atoms with Crippen LogP contribution in [0.1, 0.15) is 16.8 Å². The number of ether oxygens (including phenoxy) is 1. The lowest BCUT2D eigenvalue weighted by Gasteiger charge is -2.09. The zero-order valence-electron chi connectivity index (χ0n) is 11.3. The van der Waals surface area contributed by atoms with Gasteiger partial charge in [-0.3, -0.25) is 0 Å². The first-order chi connectivity index (χ1) is 9.10. The molecule has 0 aliphatic rings. The smallest absolute Gasteiger partial charge is 0.219 e. The molecule has 4 heteroatoms. The SMILES string of the molecule is CNCc1nc(Oc2ccc(C)c(C)c2)ccc1Cl. The van der Waals surface area contributed by atoms with Crippen LogP contribution >= 0.6 is 11.6 Å². The van der Waals surface area contributed by atoms with Gasteiger partial charge < -0.3 is 10.1 Å². The molecule has 0 amide bonds. The molecule has 0 spiro atoms. The molecule has 0 atom stereocenters. The van der Waals surface area contributed by atoms with Gasteiger partial charge >= 0.3 is 0 Å². The molecule has 1 aromatic carbocycles. The van der Waals surface area contributed by atoms with E-state index in [4.69, 9.17) is 16.3 Å². The van der Waals surface area contributed by atoms with E-state index >= 15 is 0 Å². The second-order valence-electron chi connectivity index (χ2n) is 4.46.